The number of hydrogen-bond acceptors (Lipinski definition) is 5. The van der Waals surface area contributed by atoms with Crippen LogP contribution in [0.4, 0.5) is 9.18 Å². The summed E-state index contributed by atoms with van der Waals surface area (Å²) in [4.78, 5) is 44.8. The van der Waals surface area contributed by atoms with Gasteiger partial charge in [0.2, 0.25) is 0 Å². The molecule has 9 heteroatoms. The van der Waals surface area contributed by atoms with Gasteiger partial charge in [-0.25, -0.2) is 14.0 Å². The minimum absolute atomic E-state index is 0.0608. The molecule has 0 bridgehead atoms. The Bertz CT molecular complexity index is 1240. The van der Waals surface area contributed by atoms with Crippen molar-refractivity contribution < 1.29 is 23.5 Å². The number of carbonyl (C=O) groups is 3. The van der Waals surface area contributed by atoms with Crippen molar-refractivity contribution in [2.45, 2.75) is 39.7 Å². The van der Waals surface area contributed by atoms with E-state index in [4.69, 9.17) is 4.74 Å². The van der Waals surface area contributed by atoms with Gasteiger partial charge in [0.1, 0.15) is 5.82 Å². The fraction of sp³-hybridized carbons (Fsp3) is 0.433. The summed E-state index contributed by atoms with van der Waals surface area (Å²) in [5.74, 6) is -0.975. The summed E-state index contributed by atoms with van der Waals surface area (Å²) >= 11 is 0. The van der Waals surface area contributed by atoms with Gasteiger partial charge in [-0.05, 0) is 43.0 Å². The molecule has 1 N–H and O–H groups in total. The van der Waals surface area contributed by atoms with Crippen molar-refractivity contribution in [3.63, 3.8) is 0 Å². The third kappa shape index (κ3) is 6.14. The summed E-state index contributed by atoms with van der Waals surface area (Å²) in [5, 5.41) is 3.01. The molecule has 1 fully saturated rings. The minimum atomic E-state index is -0.639. The molecule has 3 amide bonds. The molecule has 0 aliphatic carbocycles. The zero-order chi connectivity index (χ0) is 28.1. The molecule has 0 spiro atoms. The quantitative estimate of drug-likeness (QED) is 0.509. The van der Waals surface area contributed by atoms with E-state index in [-0.39, 0.29) is 24.1 Å². The van der Waals surface area contributed by atoms with Gasteiger partial charge in [-0.15, -0.1) is 0 Å². The van der Waals surface area contributed by atoms with Crippen LogP contribution in [0.3, 0.4) is 0 Å². The molecule has 2 aromatic rings. The Morgan fingerprint density at radius 3 is 2.28 bits per heavy atom. The van der Waals surface area contributed by atoms with Crippen molar-refractivity contribution in [3.8, 4) is 0 Å². The van der Waals surface area contributed by atoms with Crippen molar-refractivity contribution in [2.24, 2.45) is 0 Å². The van der Waals surface area contributed by atoms with Crippen LogP contribution < -0.4 is 5.32 Å². The molecule has 2 aliphatic rings. The number of likely N-dealkylation sites (N-methyl/N-ethyl adjacent to an activating group) is 1. The number of piperazine rings is 1. The maximum atomic E-state index is 14.2. The van der Waals surface area contributed by atoms with Gasteiger partial charge in [0.25, 0.3) is 5.91 Å². The number of halogens is 1. The van der Waals surface area contributed by atoms with E-state index in [1.54, 1.807) is 28.9 Å². The van der Waals surface area contributed by atoms with Crippen LogP contribution >= 0.6 is 0 Å². The van der Waals surface area contributed by atoms with Gasteiger partial charge in [-0.2, -0.15) is 0 Å². The molecule has 39 heavy (non-hydrogen) atoms. The predicted octanol–water partition coefficient (Wildman–Crippen LogP) is 4.31. The number of rotatable bonds is 8. The number of carbonyl (C=O) groups excluding carboxylic acids is 3. The monoisotopic (exact) mass is 536 g/mol. The normalized spacial score (nSPS) is 18.4. The lowest BCUT2D eigenvalue weighted by Gasteiger charge is -2.40. The van der Waals surface area contributed by atoms with E-state index >= 15 is 0 Å². The molecule has 2 aliphatic heterocycles. The number of nitrogens with one attached hydrogen (secondary N) is 1. The topological polar surface area (TPSA) is 82.2 Å². The Morgan fingerprint density at radius 2 is 1.69 bits per heavy atom. The molecule has 2 heterocycles. The number of urea groups is 1. The van der Waals surface area contributed by atoms with Crippen LogP contribution in [0.25, 0.3) is 0 Å². The first-order valence-corrected chi connectivity index (χ1v) is 13.6. The Kier molecular flexibility index (Phi) is 9.01. The molecule has 1 unspecified atom stereocenters. The van der Waals surface area contributed by atoms with E-state index in [2.05, 4.69) is 24.1 Å². The summed E-state index contributed by atoms with van der Waals surface area (Å²) in [6, 6.07) is 13.0. The molecule has 8 nitrogen and oxygen atoms in total. The largest absolute Gasteiger partial charge is 0.463 e. The first-order chi connectivity index (χ1) is 18.7. The Morgan fingerprint density at radius 1 is 1.03 bits per heavy atom. The number of benzene rings is 2. The summed E-state index contributed by atoms with van der Waals surface area (Å²) < 4.78 is 19.6. The summed E-state index contributed by atoms with van der Waals surface area (Å²) in [6.45, 7) is 10.7. The molecule has 1 saturated heterocycles. The van der Waals surface area contributed by atoms with Crippen molar-refractivity contribution in [1.29, 1.82) is 0 Å². The van der Waals surface area contributed by atoms with Crippen LogP contribution in [0.1, 0.15) is 61.1 Å². The molecule has 208 valence electrons. The summed E-state index contributed by atoms with van der Waals surface area (Å²) in [5.41, 5.74) is 3.06. The summed E-state index contributed by atoms with van der Waals surface area (Å²) in [6.07, 6.45) is 0. The standard InChI is InChI=1S/C30H37FN4O4/c1-5-35-25(19-33-15-17-34(18-16-33)28(36)23-9-7-8-10-24(23)31)26(29(37)39-6-2)27(32-30(35)38)22-13-11-21(12-14-22)20(3)4/h7-14,20,27H,5-6,15-19H2,1-4H3,(H,32,38). The number of hydrogen-bond donors (Lipinski definition) is 1. The third-order valence-corrected chi connectivity index (χ3v) is 7.32. The summed E-state index contributed by atoms with van der Waals surface area (Å²) in [7, 11) is 0. The van der Waals surface area contributed by atoms with Gasteiger partial charge in [0.05, 0.1) is 23.8 Å². The predicted molar refractivity (Wildman–Crippen MR) is 147 cm³/mol. The van der Waals surface area contributed by atoms with Crippen LogP contribution in [0.15, 0.2) is 59.8 Å². The van der Waals surface area contributed by atoms with Crippen LogP contribution in [-0.4, -0.2) is 78.5 Å². The van der Waals surface area contributed by atoms with E-state index in [0.717, 1.165) is 5.56 Å². The zero-order valence-corrected chi connectivity index (χ0v) is 23.1. The molecule has 0 radical (unpaired) electrons. The van der Waals surface area contributed by atoms with E-state index in [0.29, 0.717) is 56.5 Å². The second-order valence-electron chi connectivity index (χ2n) is 10.1. The van der Waals surface area contributed by atoms with E-state index in [1.165, 1.54) is 17.7 Å². The van der Waals surface area contributed by atoms with Crippen molar-refractivity contribution >= 4 is 17.9 Å². The minimum Gasteiger partial charge on any atom is -0.463 e. The highest BCUT2D eigenvalue weighted by Crippen LogP contribution is 2.33. The third-order valence-electron chi connectivity index (χ3n) is 7.32. The smallest absolute Gasteiger partial charge is 0.338 e. The molecular formula is C30H37FN4O4. The lowest BCUT2D eigenvalue weighted by atomic mass is 9.92. The molecule has 1 atom stereocenters. The van der Waals surface area contributed by atoms with Crippen LogP contribution in [-0.2, 0) is 9.53 Å². The van der Waals surface area contributed by atoms with Crippen molar-refractivity contribution in [3.05, 3.63) is 82.3 Å². The van der Waals surface area contributed by atoms with Crippen LogP contribution in [0.5, 0.6) is 0 Å². The molecular weight excluding hydrogens is 499 g/mol. The second-order valence-corrected chi connectivity index (χ2v) is 10.1. The van der Waals surface area contributed by atoms with E-state index in [9.17, 15) is 18.8 Å². The van der Waals surface area contributed by atoms with Crippen molar-refractivity contribution in [1.82, 2.24) is 20.0 Å². The Balaban J connectivity index is 1.60. The first-order valence-electron chi connectivity index (χ1n) is 13.6. The SMILES string of the molecule is CCOC(=O)C1=C(CN2CCN(C(=O)c3ccccc3F)CC2)N(CC)C(=O)NC1c1ccc(C(C)C)cc1. The van der Waals surface area contributed by atoms with E-state index < -0.39 is 17.8 Å². The highest BCUT2D eigenvalue weighted by atomic mass is 19.1. The zero-order valence-electron chi connectivity index (χ0n) is 23.1. The molecule has 0 aromatic heterocycles. The molecule has 4 rings (SSSR count). The van der Waals surface area contributed by atoms with Crippen molar-refractivity contribution in [2.75, 3.05) is 45.9 Å². The van der Waals surface area contributed by atoms with Crippen LogP contribution in [0, 0.1) is 5.82 Å². The number of nitrogens with zero attached hydrogens (tertiary/aromatic N) is 3. The average molecular weight is 537 g/mol. The number of ether oxygens (including phenoxy) is 1. The molecule has 2 aromatic carbocycles. The maximum absolute atomic E-state index is 14.2. The van der Waals surface area contributed by atoms with Gasteiger partial charge in [0, 0.05) is 45.0 Å². The molecule has 0 saturated carbocycles. The fourth-order valence-electron chi connectivity index (χ4n) is 5.11. The van der Waals surface area contributed by atoms with Gasteiger partial charge in [-0.1, -0.05) is 50.2 Å². The van der Waals surface area contributed by atoms with Gasteiger partial charge in [-0.3, -0.25) is 14.6 Å². The lowest BCUT2D eigenvalue weighted by molar-refractivity contribution is -0.139. The lowest BCUT2D eigenvalue weighted by Crippen LogP contribution is -2.53. The van der Waals surface area contributed by atoms with Crippen LogP contribution in [0.2, 0.25) is 0 Å². The van der Waals surface area contributed by atoms with E-state index in [1.807, 2.05) is 31.2 Å². The van der Waals surface area contributed by atoms with Gasteiger partial charge >= 0.3 is 12.0 Å². The maximum Gasteiger partial charge on any atom is 0.338 e. The Labute approximate surface area is 229 Å². The Hall–Kier alpha value is -3.72. The number of amides is 3. The average Bonchev–Trinajstić information content (AvgIpc) is 2.93. The first kappa shape index (κ1) is 28.3. The van der Waals surface area contributed by atoms with Gasteiger partial charge < -0.3 is 15.0 Å². The number of esters is 1. The highest BCUT2D eigenvalue weighted by Gasteiger charge is 2.38. The highest BCUT2D eigenvalue weighted by molar-refractivity contribution is 5.95. The second kappa shape index (κ2) is 12.4. The fourth-order valence-corrected chi connectivity index (χ4v) is 5.11. The van der Waals surface area contributed by atoms with Gasteiger partial charge in [0.15, 0.2) is 0 Å².